The average molecular weight is 479 g/mol. The zero-order valence-corrected chi connectivity index (χ0v) is 17.4. The molecule has 0 bridgehead atoms. The van der Waals surface area contributed by atoms with E-state index in [9.17, 15) is 35.9 Å². The molecule has 2 aromatic carbocycles. The number of benzene rings is 2. The summed E-state index contributed by atoms with van der Waals surface area (Å²) in [5.74, 6) is -2.46. The summed E-state index contributed by atoms with van der Waals surface area (Å²) < 4.78 is 88.4. The van der Waals surface area contributed by atoms with Crippen molar-refractivity contribution in [3.63, 3.8) is 0 Å². The van der Waals surface area contributed by atoms with Gasteiger partial charge in [-0.15, -0.1) is 0 Å². The van der Waals surface area contributed by atoms with Crippen LogP contribution in [0.15, 0.2) is 36.4 Å². The van der Waals surface area contributed by atoms with Gasteiger partial charge in [0.05, 0.1) is 19.1 Å². The number of carboxylic acids is 1. The summed E-state index contributed by atoms with van der Waals surface area (Å²) in [7, 11) is 1.28. The van der Waals surface area contributed by atoms with Crippen molar-refractivity contribution in [2.24, 2.45) is 0 Å². The van der Waals surface area contributed by atoms with Crippen LogP contribution in [0, 0.1) is 0 Å². The third-order valence-corrected chi connectivity index (χ3v) is 4.41. The van der Waals surface area contributed by atoms with Crippen molar-refractivity contribution in [3.05, 3.63) is 47.5 Å². The maximum atomic E-state index is 13.2. The van der Waals surface area contributed by atoms with Gasteiger partial charge < -0.3 is 19.5 Å². The topological polar surface area (TPSA) is 76.1 Å². The van der Waals surface area contributed by atoms with E-state index in [0.717, 1.165) is 19.1 Å². The summed E-state index contributed by atoms with van der Waals surface area (Å²) in [6, 6.07) is 6.57. The highest BCUT2D eigenvalue weighted by atomic mass is 19.4. The van der Waals surface area contributed by atoms with E-state index in [1.807, 2.05) is 0 Å². The summed E-state index contributed by atoms with van der Waals surface area (Å²) >= 11 is 0. The Kier molecular flexibility index (Phi) is 7.83. The summed E-state index contributed by atoms with van der Waals surface area (Å²) in [5, 5.41) is 9.02. The highest BCUT2D eigenvalue weighted by molar-refractivity contribution is 5.79. The average Bonchev–Trinajstić information content (AvgIpc) is 2.68. The molecule has 2 rings (SSSR count). The number of amides is 1. The molecule has 0 saturated heterocycles. The van der Waals surface area contributed by atoms with Crippen LogP contribution in [0.1, 0.15) is 18.1 Å². The molecule has 0 saturated carbocycles. The smallest absolute Gasteiger partial charge is 0.416 e. The van der Waals surface area contributed by atoms with Gasteiger partial charge in [0.1, 0.15) is 18.0 Å². The van der Waals surface area contributed by atoms with Crippen molar-refractivity contribution in [1.29, 1.82) is 0 Å². The number of hydrogen-bond acceptors (Lipinski definition) is 4. The van der Waals surface area contributed by atoms with Crippen LogP contribution >= 0.6 is 0 Å². The van der Waals surface area contributed by atoms with E-state index in [1.54, 1.807) is 0 Å². The van der Waals surface area contributed by atoms with Crippen molar-refractivity contribution >= 4 is 11.9 Å². The maximum absolute atomic E-state index is 13.2. The molecule has 12 heteroatoms. The molecule has 180 valence electrons. The molecular weight excluding hydrogens is 460 g/mol. The van der Waals surface area contributed by atoms with Gasteiger partial charge in [-0.25, -0.2) is 0 Å². The number of methoxy groups -OCH3 is 1. The normalized spacial score (nSPS) is 11.8. The lowest BCUT2D eigenvalue weighted by Gasteiger charge is -2.24. The van der Waals surface area contributed by atoms with Gasteiger partial charge >= 0.3 is 18.3 Å². The SMILES string of the molecule is COc1ccc(CC(=O)O)cc1-c1ccc(C(F)(F)F)cc1OCN(CC(F)(F)F)C(C)=O. The van der Waals surface area contributed by atoms with E-state index < -0.39 is 55.2 Å². The van der Waals surface area contributed by atoms with Crippen LogP contribution < -0.4 is 9.47 Å². The van der Waals surface area contributed by atoms with Crippen LogP contribution in [0.2, 0.25) is 0 Å². The Labute approximate surface area is 184 Å². The number of ether oxygens (including phenoxy) is 2. The molecule has 0 aliphatic rings. The molecule has 1 amide bonds. The minimum absolute atomic E-state index is 0.00241. The Hall–Kier alpha value is -3.44. The molecule has 0 aromatic heterocycles. The zero-order chi connectivity index (χ0) is 25.0. The first-order chi connectivity index (χ1) is 15.2. The quantitative estimate of drug-likeness (QED) is 0.437. The van der Waals surface area contributed by atoms with Gasteiger partial charge in [-0.3, -0.25) is 9.59 Å². The van der Waals surface area contributed by atoms with E-state index in [0.29, 0.717) is 11.6 Å². The molecule has 6 nitrogen and oxygen atoms in total. The first-order valence-corrected chi connectivity index (χ1v) is 9.26. The number of carbonyl (C=O) groups is 2. The molecule has 0 spiro atoms. The third kappa shape index (κ3) is 7.29. The fourth-order valence-corrected chi connectivity index (χ4v) is 2.90. The minimum Gasteiger partial charge on any atom is -0.496 e. The van der Waals surface area contributed by atoms with E-state index >= 15 is 0 Å². The van der Waals surface area contributed by atoms with Gasteiger partial charge in [0.2, 0.25) is 5.91 Å². The summed E-state index contributed by atoms with van der Waals surface area (Å²) in [5.41, 5.74) is -0.675. The second-order valence-corrected chi connectivity index (χ2v) is 6.92. The van der Waals surface area contributed by atoms with E-state index in [4.69, 9.17) is 14.6 Å². The second kappa shape index (κ2) is 10.0. The molecular formula is C21H19F6NO5. The standard InChI is InChI=1S/C21H19F6NO5/c1-12(29)28(10-20(22,23)24)11-33-18-9-14(21(25,26)27)4-5-15(18)16-7-13(8-19(30)31)3-6-17(16)32-2/h3-7,9H,8,10-11H2,1-2H3,(H,30,31). The molecule has 0 unspecified atom stereocenters. The van der Waals surface area contributed by atoms with Crippen LogP contribution in [-0.4, -0.2) is 48.4 Å². The van der Waals surface area contributed by atoms with Crippen LogP contribution in [0.5, 0.6) is 11.5 Å². The Bertz CT molecular complexity index is 1020. The van der Waals surface area contributed by atoms with Crippen LogP contribution in [-0.2, 0) is 22.2 Å². The Morgan fingerprint density at radius 3 is 2.15 bits per heavy atom. The molecule has 33 heavy (non-hydrogen) atoms. The van der Waals surface area contributed by atoms with Gasteiger partial charge in [0.25, 0.3) is 0 Å². The Morgan fingerprint density at radius 2 is 1.64 bits per heavy atom. The van der Waals surface area contributed by atoms with Crippen molar-refractivity contribution in [2.75, 3.05) is 20.4 Å². The molecule has 2 aromatic rings. The second-order valence-electron chi connectivity index (χ2n) is 6.92. The zero-order valence-electron chi connectivity index (χ0n) is 17.4. The molecule has 1 N–H and O–H groups in total. The Balaban J connectivity index is 2.55. The van der Waals surface area contributed by atoms with Gasteiger partial charge in [0, 0.05) is 18.1 Å². The molecule has 0 radical (unpaired) electrons. The van der Waals surface area contributed by atoms with Crippen LogP contribution in [0.3, 0.4) is 0 Å². The summed E-state index contributed by atoms with van der Waals surface area (Å²) in [4.78, 5) is 22.9. The number of aliphatic carboxylic acids is 1. The predicted octanol–water partition coefficient (Wildman–Crippen LogP) is 4.76. The number of alkyl halides is 6. The highest BCUT2D eigenvalue weighted by Gasteiger charge is 2.34. The third-order valence-electron chi connectivity index (χ3n) is 4.41. The summed E-state index contributed by atoms with van der Waals surface area (Å²) in [6.07, 6.45) is -9.92. The first kappa shape index (κ1) is 25.8. The van der Waals surface area contributed by atoms with Crippen LogP contribution in [0.25, 0.3) is 11.1 Å². The molecule has 0 atom stereocenters. The van der Waals surface area contributed by atoms with E-state index in [2.05, 4.69) is 0 Å². The minimum atomic E-state index is -4.78. The highest BCUT2D eigenvalue weighted by Crippen LogP contribution is 2.41. The lowest BCUT2D eigenvalue weighted by atomic mass is 9.98. The lowest BCUT2D eigenvalue weighted by Crippen LogP contribution is -2.40. The fraction of sp³-hybridized carbons (Fsp3) is 0.333. The van der Waals surface area contributed by atoms with Crippen molar-refractivity contribution < 1.29 is 50.5 Å². The molecule has 0 aliphatic carbocycles. The number of rotatable bonds is 8. The number of hydrogen-bond donors (Lipinski definition) is 1. The fourth-order valence-electron chi connectivity index (χ4n) is 2.90. The van der Waals surface area contributed by atoms with Crippen molar-refractivity contribution in [3.8, 4) is 22.6 Å². The first-order valence-electron chi connectivity index (χ1n) is 9.26. The molecule has 0 fully saturated rings. The number of carboxylic acid groups (broad SMARTS) is 1. The van der Waals surface area contributed by atoms with E-state index in [-0.39, 0.29) is 21.8 Å². The monoisotopic (exact) mass is 479 g/mol. The van der Waals surface area contributed by atoms with Gasteiger partial charge in [-0.2, -0.15) is 26.3 Å². The molecule has 0 heterocycles. The lowest BCUT2D eigenvalue weighted by molar-refractivity contribution is -0.165. The van der Waals surface area contributed by atoms with Crippen molar-refractivity contribution in [2.45, 2.75) is 25.7 Å². The van der Waals surface area contributed by atoms with Crippen molar-refractivity contribution in [1.82, 2.24) is 4.90 Å². The van der Waals surface area contributed by atoms with Gasteiger partial charge in [-0.1, -0.05) is 6.07 Å². The molecule has 0 aliphatic heterocycles. The van der Waals surface area contributed by atoms with Crippen LogP contribution in [0.4, 0.5) is 26.3 Å². The van der Waals surface area contributed by atoms with E-state index in [1.165, 1.54) is 25.3 Å². The number of carbonyl (C=O) groups excluding carboxylic acids is 1. The largest absolute Gasteiger partial charge is 0.496 e. The number of halogens is 6. The van der Waals surface area contributed by atoms with Gasteiger partial charge in [-0.05, 0) is 35.9 Å². The number of nitrogens with zero attached hydrogens (tertiary/aromatic N) is 1. The summed E-state index contributed by atoms with van der Waals surface area (Å²) in [6.45, 7) is -1.77. The van der Waals surface area contributed by atoms with Gasteiger partial charge in [0.15, 0.2) is 6.73 Å². The predicted molar refractivity (Wildman–Crippen MR) is 104 cm³/mol. The maximum Gasteiger partial charge on any atom is 0.416 e. The Morgan fingerprint density at radius 1 is 0.970 bits per heavy atom.